The summed E-state index contributed by atoms with van der Waals surface area (Å²) < 4.78 is 0. The van der Waals surface area contributed by atoms with Crippen molar-refractivity contribution < 1.29 is 14.8 Å². The van der Waals surface area contributed by atoms with Crippen LogP contribution in [-0.4, -0.2) is 26.1 Å². The molecule has 0 atom stereocenters. The average Bonchev–Trinajstić information content (AvgIpc) is 2.42. The number of phenols is 1. The van der Waals surface area contributed by atoms with Crippen LogP contribution in [0.4, 0.5) is 11.4 Å². The number of non-ortho nitro benzene ring substituents is 1. The van der Waals surface area contributed by atoms with Crippen molar-refractivity contribution >= 4 is 17.3 Å². The Balaban J connectivity index is 2.26. The molecule has 0 unspecified atom stereocenters. The van der Waals surface area contributed by atoms with E-state index in [0.717, 1.165) is 18.2 Å². The van der Waals surface area contributed by atoms with E-state index in [4.69, 9.17) is 0 Å². The molecule has 0 saturated heterocycles. The van der Waals surface area contributed by atoms with Crippen LogP contribution in [0, 0.1) is 10.1 Å². The van der Waals surface area contributed by atoms with E-state index in [-0.39, 0.29) is 22.7 Å². The van der Waals surface area contributed by atoms with Gasteiger partial charge in [0, 0.05) is 12.1 Å². The highest BCUT2D eigenvalue weighted by Gasteiger charge is 2.13. The minimum atomic E-state index is -0.622. The van der Waals surface area contributed by atoms with E-state index in [2.05, 4.69) is 15.5 Å². The number of nitrogens with one attached hydrogen (secondary N) is 1. The predicted octanol–water partition coefficient (Wildman–Crippen LogP) is 1.34. The van der Waals surface area contributed by atoms with Crippen molar-refractivity contribution in [2.24, 2.45) is 0 Å². The molecule has 96 valence electrons. The summed E-state index contributed by atoms with van der Waals surface area (Å²) in [4.78, 5) is 21.8. The van der Waals surface area contributed by atoms with Crippen molar-refractivity contribution in [3.8, 4) is 5.75 Å². The maximum absolute atomic E-state index is 11.8. The van der Waals surface area contributed by atoms with Crippen LogP contribution < -0.4 is 5.32 Å². The largest absolute Gasteiger partial charge is 0.506 e. The Kier molecular flexibility index (Phi) is 3.33. The summed E-state index contributed by atoms with van der Waals surface area (Å²) in [7, 11) is 0. The Morgan fingerprint density at radius 1 is 1.32 bits per heavy atom. The van der Waals surface area contributed by atoms with E-state index in [1.54, 1.807) is 0 Å². The van der Waals surface area contributed by atoms with Gasteiger partial charge in [0.25, 0.3) is 11.6 Å². The van der Waals surface area contributed by atoms with E-state index in [1.165, 1.54) is 18.5 Å². The van der Waals surface area contributed by atoms with Crippen molar-refractivity contribution in [3.05, 3.63) is 52.3 Å². The number of nitrogens with zero attached hydrogens (tertiary/aromatic N) is 3. The van der Waals surface area contributed by atoms with Crippen molar-refractivity contribution in [2.75, 3.05) is 5.32 Å². The fraction of sp³-hybridized carbons (Fsp3) is 0. The maximum atomic E-state index is 11.8. The van der Waals surface area contributed by atoms with Gasteiger partial charge in [-0.25, -0.2) is 0 Å². The molecule has 8 nitrogen and oxygen atoms in total. The highest BCUT2D eigenvalue weighted by atomic mass is 16.6. The number of carbonyl (C=O) groups excluding carboxylic acids is 1. The van der Waals surface area contributed by atoms with Gasteiger partial charge in [0.1, 0.15) is 5.75 Å². The molecule has 0 spiro atoms. The van der Waals surface area contributed by atoms with Gasteiger partial charge in [-0.15, -0.1) is 0 Å². The summed E-state index contributed by atoms with van der Waals surface area (Å²) in [6.07, 6.45) is 2.58. The van der Waals surface area contributed by atoms with Gasteiger partial charge in [-0.1, -0.05) is 0 Å². The summed E-state index contributed by atoms with van der Waals surface area (Å²) >= 11 is 0. The number of hydrogen-bond donors (Lipinski definition) is 2. The average molecular weight is 260 g/mol. The highest BCUT2D eigenvalue weighted by Crippen LogP contribution is 2.28. The smallest absolute Gasteiger partial charge is 0.271 e. The minimum absolute atomic E-state index is 0.0454. The van der Waals surface area contributed by atoms with Gasteiger partial charge >= 0.3 is 0 Å². The molecule has 0 aliphatic rings. The summed E-state index contributed by atoms with van der Waals surface area (Å²) in [6, 6.07) is 4.77. The number of nitro groups is 1. The van der Waals surface area contributed by atoms with Crippen LogP contribution in [0.25, 0.3) is 0 Å². The molecule has 2 aromatic rings. The van der Waals surface area contributed by atoms with Crippen LogP contribution in [0.2, 0.25) is 0 Å². The van der Waals surface area contributed by atoms with Gasteiger partial charge in [0.2, 0.25) is 0 Å². The fourth-order valence-corrected chi connectivity index (χ4v) is 1.36. The third kappa shape index (κ3) is 2.80. The molecule has 0 fully saturated rings. The normalized spacial score (nSPS) is 9.89. The van der Waals surface area contributed by atoms with Crippen molar-refractivity contribution in [2.45, 2.75) is 0 Å². The van der Waals surface area contributed by atoms with Crippen molar-refractivity contribution in [1.82, 2.24) is 10.2 Å². The number of aromatic hydroxyl groups is 1. The lowest BCUT2D eigenvalue weighted by molar-refractivity contribution is -0.384. The quantitative estimate of drug-likeness (QED) is 0.488. The van der Waals surface area contributed by atoms with Gasteiger partial charge in [-0.3, -0.25) is 14.9 Å². The first-order chi connectivity index (χ1) is 9.08. The summed E-state index contributed by atoms with van der Waals surface area (Å²) in [6.45, 7) is 0. The number of aromatic nitrogens is 2. The van der Waals surface area contributed by atoms with Crippen molar-refractivity contribution in [1.29, 1.82) is 0 Å². The zero-order valence-corrected chi connectivity index (χ0v) is 9.48. The second-order valence-electron chi connectivity index (χ2n) is 3.54. The van der Waals surface area contributed by atoms with E-state index < -0.39 is 10.8 Å². The molecule has 8 heteroatoms. The number of benzene rings is 1. The first-order valence-corrected chi connectivity index (χ1v) is 5.13. The number of amides is 1. The topological polar surface area (TPSA) is 118 Å². The molecule has 0 bridgehead atoms. The number of nitro benzene ring substituents is 1. The summed E-state index contributed by atoms with van der Waals surface area (Å²) in [5, 5.41) is 29.6. The summed E-state index contributed by atoms with van der Waals surface area (Å²) in [5.74, 6) is -0.813. The highest BCUT2D eigenvalue weighted by molar-refractivity contribution is 6.04. The van der Waals surface area contributed by atoms with Crippen molar-refractivity contribution in [3.63, 3.8) is 0 Å². The number of hydrogen-bond acceptors (Lipinski definition) is 6. The third-order valence-corrected chi connectivity index (χ3v) is 2.29. The molecule has 19 heavy (non-hydrogen) atoms. The number of phenolic OH excluding ortho intramolecular Hbond substituents is 1. The molecule has 0 radical (unpaired) electrons. The van der Waals surface area contributed by atoms with Gasteiger partial charge < -0.3 is 10.4 Å². The lowest BCUT2D eigenvalue weighted by Gasteiger charge is -2.06. The molecular weight excluding hydrogens is 252 g/mol. The van der Waals surface area contributed by atoms with E-state index in [9.17, 15) is 20.0 Å². The second-order valence-corrected chi connectivity index (χ2v) is 3.54. The molecule has 1 heterocycles. The molecular formula is C11H8N4O4. The zero-order valence-electron chi connectivity index (χ0n) is 9.48. The predicted molar refractivity (Wildman–Crippen MR) is 64.7 cm³/mol. The molecule has 0 aliphatic heterocycles. The van der Waals surface area contributed by atoms with Crippen LogP contribution in [0.1, 0.15) is 10.4 Å². The molecule has 1 aromatic carbocycles. The molecule has 2 rings (SSSR count). The zero-order chi connectivity index (χ0) is 13.8. The van der Waals surface area contributed by atoms with Crippen LogP contribution >= 0.6 is 0 Å². The standard InChI is InChI=1S/C11H8N4O4/c16-10-2-1-8(15(18)19)5-9(10)14-11(17)7-3-4-12-13-6-7/h1-6,16H,(H,14,17). The number of rotatable bonds is 3. The summed E-state index contributed by atoms with van der Waals surface area (Å²) in [5.41, 5.74) is -0.0575. The van der Waals surface area contributed by atoms with Crippen LogP contribution in [0.5, 0.6) is 5.75 Å². The fourth-order valence-electron chi connectivity index (χ4n) is 1.36. The van der Waals surface area contributed by atoms with Crippen LogP contribution in [0.15, 0.2) is 36.7 Å². The molecule has 1 aromatic heterocycles. The Morgan fingerprint density at radius 3 is 2.74 bits per heavy atom. The van der Waals surface area contributed by atoms with E-state index in [1.807, 2.05) is 0 Å². The minimum Gasteiger partial charge on any atom is -0.506 e. The third-order valence-electron chi connectivity index (χ3n) is 2.29. The van der Waals surface area contributed by atoms with Gasteiger partial charge in [0.05, 0.1) is 28.6 Å². The number of anilines is 1. The number of carbonyl (C=O) groups is 1. The lowest BCUT2D eigenvalue weighted by Crippen LogP contribution is -2.12. The first-order valence-electron chi connectivity index (χ1n) is 5.13. The van der Waals surface area contributed by atoms with Gasteiger partial charge in [0.15, 0.2) is 0 Å². The van der Waals surface area contributed by atoms with Crippen LogP contribution in [-0.2, 0) is 0 Å². The SMILES string of the molecule is O=C(Nc1cc([N+](=O)[O-])ccc1O)c1ccnnc1. The Hall–Kier alpha value is -3.03. The van der Waals surface area contributed by atoms with E-state index in [0.29, 0.717) is 0 Å². The Labute approximate surface area is 106 Å². The monoisotopic (exact) mass is 260 g/mol. The second kappa shape index (κ2) is 5.08. The molecule has 0 aliphatic carbocycles. The van der Waals surface area contributed by atoms with Gasteiger partial charge in [-0.05, 0) is 12.1 Å². The van der Waals surface area contributed by atoms with Gasteiger partial charge in [-0.2, -0.15) is 10.2 Å². The molecule has 2 N–H and O–H groups in total. The molecule has 1 amide bonds. The molecule has 0 saturated carbocycles. The Bertz CT molecular complexity index is 630. The van der Waals surface area contributed by atoms with E-state index >= 15 is 0 Å². The Morgan fingerprint density at radius 2 is 2.11 bits per heavy atom. The first kappa shape index (κ1) is 12.4. The van der Waals surface area contributed by atoms with Crippen LogP contribution in [0.3, 0.4) is 0 Å². The lowest BCUT2D eigenvalue weighted by atomic mass is 10.2. The maximum Gasteiger partial charge on any atom is 0.271 e.